The molecular formula is C14H23N3O2. The fraction of sp³-hybridized carbons (Fsp3) is 0.643. The number of aromatic nitrogens is 2. The maximum atomic E-state index is 11.5. The topological polar surface area (TPSA) is 64.1 Å². The number of nitrogens with zero attached hydrogens (tertiary/aromatic N) is 2. The number of amides is 1. The number of hydrogen-bond donors (Lipinski definition) is 1. The summed E-state index contributed by atoms with van der Waals surface area (Å²) in [6.45, 7) is 11.0. The molecule has 1 aromatic rings. The van der Waals surface area contributed by atoms with E-state index < -0.39 is 6.09 Å². The van der Waals surface area contributed by atoms with Crippen molar-refractivity contribution in [3.8, 4) is 0 Å². The van der Waals surface area contributed by atoms with Crippen LogP contribution >= 0.6 is 0 Å². The molecular weight excluding hydrogens is 242 g/mol. The predicted molar refractivity (Wildman–Crippen MR) is 73.8 cm³/mol. The molecule has 1 rings (SSSR count). The number of hydrogen-bond acceptors (Lipinski definition) is 4. The highest BCUT2D eigenvalue weighted by molar-refractivity contribution is 5.67. The van der Waals surface area contributed by atoms with Crippen molar-refractivity contribution >= 4 is 6.09 Å². The maximum Gasteiger partial charge on any atom is 0.407 e. The van der Waals surface area contributed by atoms with Crippen molar-refractivity contribution in [2.75, 3.05) is 6.61 Å². The van der Waals surface area contributed by atoms with Crippen LogP contribution in [0.3, 0.4) is 0 Å². The van der Waals surface area contributed by atoms with Gasteiger partial charge in [0, 0.05) is 23.7 Å². The lowest BCUT2D eigenvalue weighted by atomic mass is 9.89. The van der Waals surface area contributed by atoms with Gasteiger partial charge in [-0.25, -0.2) is 14.8 Å². The smallest absolute Gasteiger partial charge is 0.407 e. The van der Waals surface area contributed by atoms with E-state index in [9.17, 15) is 4.79 Å². The van der Waals surface area contributed by atoms with Crippen LogP contribution in [-0.4, -0.2) is 22.7 Å². The molecule has 1 aromatic heterocycles. The van der Waals surface area contributed by atoms with Gasteiger partial charge in [0.2, 0.25) is 0 Å². The van der Waals surface area contributed by atoms with Crippen molar-refractivity contribution < 1.29 is 9.53 Å². The van der Waals surface area contributed by atoms with Crippen LogP contribution in [0, 0.1) is 5.92 Å². The molecule has 0 bridgehead atoms. The quantitative estimate of drug-likeness (QED) is 0.909. The van der Waals surface area contributed by atoms with Gasteiger partial charge >= 0.3 is 6.09 Å². The molecule has 1 amide bonds. The van der Waals surface area contributed by atoms with Gasteiger partial charge in [-0.15, -0.1) is 0 Å². The van der Waals surface area contributed by atoms with Crippen LogP contribution in [0.15, 0.2) is 12.5 Å². The Morgan fingerprint density at radius 1 is 1.42 bits per heavy atom. The third-order valence-electron chi connectivity index (χ3n) is 2.47. The second kappa shape index (κ2) is 6.50. The lowest BCUT2D eigenvalue weighted by Crippen LogP contribution is -2.27. The third-order valence-corrected chi connectivity index (χ3v) is 2.47. The summed E-state index contributed by atoms with van der Waals surface area (Å²) in [5.74, 6) is 0.330. The molecule has 0 radical (unpaired) electrons. The lowest BCUT2D eigenvalue weighted by molar-refractivity contribution is 0.132. The Hall–Kier alpha value is -1.65. The summed E-state index contributed by atoms with van der Waals surface area (Å²) in [5.41, 5.74) is 1.77. The predicted octanol–water partition coefficient (Wildman–Crippen LogP) is 2.66. The summed E-state index contributed by atoms with van der Waals surface area (Å²) in [6, 6.07) is 0. The van der Waals surface area contributed by atoms with E-state index in [0.717, 1.165) is 11.3 Å². The second-order valence-corrected chi connectivity index (χ2v) is 5.99. The van der Waals surface area contributed by atoms with Crippen LogP contribution in [0.5, 0.6) is 0 Å². The van der Waals surface area contributed by atoms with E-state index >= 15 is 0 Å². The van der Waals surface area contributed by atoms with Crippen LogP contribution in [0.25, 0.3) is 0 Å². The van der Waals surface area contributed by atoms with Gasteiger partial charge in [-0.2, -0.15) is 0 Å². The Kier molecular flexibility index (Phi) is 5.27. The summed E-state index contributed by atoms with van der Waals surface area (Å²) in [6.07, 6.45) is 2.86. The van der Waals surface area contributed by atoms with Gasteiger partial charge in [-0.1, -0.05) is 34.6 Å². The first-order chi connectivity index (χ1) is 8.80. The maximum absolute atomic E-state index is 11.5. The fourth-order valence-corrected chi connectivity index (χ4v) is 1.62. The molecule has 0 fully saturated rings. The van der Waals surface area contributed by atoms with E-state index in [4.69, 9.17) is 4.74 Å². The Morgan fingerprint density at radius 2 is 2.11 bits per heavy atom. The molecule has 0 atom stereocenters. The monoisotopic (exact) mass is 265 g/mol. The van der Waals surface area contributed by atoms with Crippen molar-refractivity contribution in [2.45, 2.75) is 46.6 Å². The third kappa shape index (κ3) is 5.24. The van der Waals surface area contributed by atoms with E-state index in [2.05, 4.69) is 36.1 Å². The van der Waals surface area contributed by atoms with Gasteiger partial charge in [0.25, 0.3) is 0 Å². The minimum atomic E-state index is -0.405. The first-order valence-corrected chi connectivity index (χ1v) is 6.50. The zero-order valence-electron chi connectivity index (χ0n) is 12.4. The summed E-state index contributed by atoms with van der Waals surface area (Å²) in [7, 11) is 0. The molecule has 5 heteroatoms. The van der Waals surface area contributed by atoms with Crippen LogP contribution < -0.4 is 5.32 Å². The summed E-state index contributed by atoms with van der Waals surface area (Å²) in [5, 5.41) is 2.73. The molecule has 0 aliphatic heterocycles. The Balaban J connectivity index is 2.61. The summed E-state index contributed by atoms with van der Waals surface area (Å²) in [4.78, 5) is 19.8. The first kappa shape index (κ1) is 15.4. The SMILES string of the molecule is CC(C)COC(=O)NCc1cncnc1C(C)(C)C. The molecule has 0 aromatic carbocycles. The number of carbonyl (C=O) groups is 1. The zero-order chi connectivity index (χ0) is 14.5. The Morgan fingerprint density at radius 3 is 2.68 bits per heavy atom. The molecule has 0 aliphatic carbocycles. The number of alkyl carbamates (subject to hydrolysis) is 1. The van der Waals surface area contributed by atoms with E-state index in [0.29, 0.717) is 19.1 Å². The van der Waals surface area contributed by atoms with E-state index in [1.807, 2.05) is 13.8 Å². The molecule has 106 valence electrons. The normalized spacial score (nSPS) is 11.5. The van der Waals surface area contributed by atoms with Crippen molar-refractivity contribution in [1.29, 1.82) is 0 Å². The average molecular weight is 265 g/mol. The first-order valence-electron chi connectivity index (χ1n) is 6.50. The highest BCUT2D eigenvalue weighted by atomic mass is 16.5. The van der Waals surface area contributed by atoms with E-state index in [1.54, 1.807) is 6.20 Å². The fourth-order valence-electron chi connectivity index (χ4n) is 1.62. The number of carbonyl (C=O) groups excluding carboxylic acids is 1. The van der Waals surface area contributed by atoms with Crippen molar-refractivity contribution in [3.63, 3.8) is 0 Å². The van der Waals surface area contributed by atoms with Gasteiger partial charge < -0.3 is 10.1 Å². The highest BCUT2D eigenvalue weighted by Crippen LogP contribution is 2.22. The molecule has 5 nitrogen and oxygen atoms in total. The lowest BCUT2D eigenvalue weighted by Gasteiger charge is -2.20. The van der Waals surface area contributed by atoms with Crippen molar-refractivity contribution in [2.24, 2.45) is 5.92 Å². The molecule has 0 aliphatic rings. The summed E-state index contributed by atoms with van der Waals surface area (Å²) < 4.78 is 5.06. The number of nitrogens with one attached hydrogen (secondary N) is 1. The van der Waals surface area contributed by atoms with Crippen molar-refractivity contribution in [3.05, 3.63) is 23.8 Å². The molecule has 19 heavy (non-hydrogen) atoms. The molecule has 0 unspecified atom stereocenters. The Labute approximate surface area is 114 Å². The average Bonchev–Trinajstić information content (AvgIpc) is 2.33. The van der Waals surface area contributed by atoms with Crippen molar-refractivity contribution in [1.82, 2.24) is 15.3 Å². The summed E-state index contributed by atoms with van der Waals surface area (Å²) >= 11 is 0. The van der Waals surface area contributed by atoms with Gasteiger partial charge in [-0.05, 0) is 5.92 Å². The van der Waals surface area contributed by atoms with Gasteiger partial charge in [-0.3, -0.25) is 0 Å². The van der Waals surface area contributed by atoms with Crippen LogP contribution in [0.1, 0.15) is 45.9 Å². The van der Waals surface area contributed by atoms with Crippen LogP contribution in [0.4, 0.5) is 4.79 Å². The van der Waals surface area contributed by atoms with Crippen LogP contribution in [-0.2, 0) is 16.7 Å². The van der Waals surface area contributed by atoms with Gasteiger partial charge in [0.05, 0.1) is 12.3 Å². The number of rotatable bonds is 4. The Bertz CT molecular complexity index is 425. The minimum Gasteiger partial charge on any atom is -0.449 e. The molecule has 0 spiro atoms. The molecule has 0 saturated heterocycles. The molecule has 1 N–H and O–H groups in total. The minimum absolute atomic E-state index is 0.0816. The van der Waals surface area contributed by atoms with E-state index in [1.165, 1.54) is 6.33 Å². The number of ether oxygens (including phenoxy) is 1. The molecule has 0 saturated carbocycles. The zero-order valence-corrected chi connectivity index (χ0v) is 12.4. The highest BCUT2D eigenvalue weighted by Gasteiger charge is 2.19. The largest absolute Gasteiger partial charge is 0.449 e. The molecule has 1 heterocycles. The van der Waals surface area contributed by atoms with Gasteiger partial charge in [0.1, 0.15) is 6.33 Å². The standard InChI is InChI=1S/C14H23N3O2/c1-10(2)8-19-13(18)16-7-11-6-15-9-17-12(11)14(3,4)5/h6,9-10H,7-8H2,1-5H3,(H,16,18). The second-order valence-electron chi connectivity index (χ2n) is 5.99. The van der Waals surface area contributed by atoms with Crippen LogP contribution in [0.2, 0.25) is 0 Å². The van der Waals surface area contributed by atoms with E-state index in [-0.39, 0.29) is 5.41 Å². The van der Waals surface area contributed by atoms with Gasteiger partial charge in [0.15, 0.2) is 0 Å².